The van der Waals surface area contributed by atoms with E-state index < -0.39 is 11.6 Å². The van der Waals surface area contributed by atoms with Gasteiger partial charge in [-0.25, -0.2) is 8.78 Å². The lowest BCUT2D eigenvalue weighted by atomic mass is 10.1. The van der Waals surface area contributed by atoms with Crippen LogP contribution in [0.5, 0.6) is 0 Å². The van der Waals surface area contributed by atoms with Gasteiger partial charge in [0.05, 0.1) is 18.0 Å². The van der Waals surface area contributed by atoms with Gasteiger partial charge in [-0.05, 0) is 24.3 Å². The van der Waals surface area contributed by atoms with Gasteiger partial charge in [0, 0.05) is 11.6 Å². The first-order valence-corrected chi connectivity index (χ1v) is 4.59. The SMILES string of the molecule is OCc1ccc(-c2cc(F)cc(F)c2)nn1. The van der Waals surface area contributed by atoms with Crippen molar-refractivity contribution in [3.8, 4) is 11.3 Å². The monoisotopic (exact) mass is 222 g/mol. The number of benzene rings is 1. The highest BCUT2D eigenvalue weighted by Crippen LogP contribution is 2.18. The second-order valence-corrected chi connectivity index (χ2v) is 3.23. The van der Waals surface area contributed by atoms with Crippen molar-refractivity contribution in [3.05, 3.63) is 47.7 Å². The molecule has 3 nitrogen and oxygen atoms in total. The summed E-state index contributed by atoms with van der Waals surface area (Å²) in [5, 5.41) is 16.2. The van der Waals surface area contributed by atoms with Crippen molar-refractivity contribution in [3.63, 3.8) is 0 Å². The lowest BCUT2D eigenvalue weighted by Gasteiger charge is -2.01. The van der Waals surface area contributed by atoms with E-state index in [0.717, 1.165) is 6.07 Å². The second kappa shape index (κ2) is 4.32. The first-order chi connectivity index (χ1) is 7.69. The van der Waals surface area contributed by atoms with Gasteiger partial charge in [0.25, 0.3) is 0 Å². The van der Waals surface area contributed by atoms with Gasteiger partial charge in [-0.15, -0.1) is 0 Å². The Morgan fingerprint density at radius 2 is 1.69 bits per heavy atom. The van der Waals surface area contributed by atoms with Crippen molar-refractivity contribution in [2.75, 3.05) is 0 Å². The summed E-state index contributed by atoms with van der Waals surface area (Å²) < 4.78 is 25.9. The van der Waals surface area contributed by atoms with E-state index in [0.29, 0.717) is 17.0 Å². The van der Waals surface area contributed by atoms with Gasteiger partial charge in [0.1, 0.15) is 11.6 Å². The molecule has 1 aromatic heterocycles. The van der Waals surface area contributed by atoms with E-state index in [1.165, 1.54) is 12.1 Å². The fraction of sp³-hybridized carbons (Fsp3) is 0.0909. The van der Waals surface area contributed by atoms with Crippen molar-refractivity contribution in [2.45, 2.75) is 6.61 Å². The maximum atomic E-state index is 12.9. The third kappa shape index (κ3) is 2.20. The number of aromatic nitrogens is 2. The van der Waals surface area contributed by atoms with Crippen LogP contribution in [-0.4, -0.2) is 15.3 Å². The van der Waals surface area contributed by atoms with Crippen LogP contribution in [0.4, 0.5) is 8.78 Å². The van der Waals surface area contributed by atoms with E-state index in [1.807, 2.05) is 0 Å². The molecule has 0 aliphatic carbocycles. The predicted molar refractivity (Wildman–Crippen MR) is 53.3 cm³/mol. The fourth-order valence-electron chi connectivity index (χ4n) is 1.30. The van der Waals surface area contributed by atoms with Crippen molar-refractivity contribution < 1.29 is 13.9 Å². The molecular formula is C11H8F2N2O. The summed E-state index contributed by atoms with van der Waals surface area (Å²) in [6.45, 7) is -0.217. The highest BCUT2D eigenvalue weighted by molar-refractivity contribution is 5.58. The zero-order valence-electron chi connectivity index (χ0n) is 8.19. The van der Waals surface area contributed by atoms with E-state index in [2.05, 4.69) is 10.2 Å². The Morgan fingerprint density at radius 3 is 2.19 bits per heavy atom. The molecule has 1 N–H and O–H groups in total. The van der Waals surface area contributed by atoms with E-state index in [-0.39, 0.29) is 6.61 Å². The molecule has 82 valence electrons. The molecule has 2 aromatic rings. The maximum absolute atomic E-state index is 12.9. The minimum Gasteiger partial charge on any atom is -0.390 e. The Bertz CT molecular complexity index is 480. The fourth-order valence-corrected chi connectivity index (χ4v) is 1.30. The molecule has 0 aliphatic rings. The Kier molecular flexibility index (Phi) is 2.87. The summed E-state index contributed by atoms with van der Waals surface area (Å²) >= 11 is 0. The van der Waals surface area contributed by atoms with Crippen LogP contribution in [0.3, 0.4) is 0 Å². The van der Waals surface area contributed by atoms with Gasteiger partial charge in [-0.3, -0.25) is 0 Å². The Morgan fingerprint density at radius 1 is 1.00 bits per heavy atom. The van der Waals surface area contributed by atoms with Crippen LogP contribution in [0.15, 0.2) is 30.3 Å². The highest BCUT2D eigenvalue weighted by Gasteiger charge is 2.05. The summed E-state index contributed by atoms with van der Waals surface area (Å²) in [5.41, 5.74) is 1.07. The molecule has 0 saturated carbocycles. The molecule has 0 unspecified atom stereocenters. The average molecular weight is 222 g/mol. The average Bonchev–Trinajstić information content (AvgIpc) is 2.28. The topological polar surface area (TPSA) is 46.0 Å². The minimum absolute atomic E-state index is 0.217. The largest absolute Gasteiger partial charge is 0.390 e. The Labute approximate surface area is 90.4 Å². The Balaban J connectivity index is 2.42. The summed E-state index contributed by atoms with van der Waals surface area (Å²) in [6, 6.07) is 6.23. The zero-order chi connectivity index (χ0) is 11.5. The van der Waals surface area contributed by atoms with Crippen LogP contribution in [-0.2, 0) is 6.61 Å². The van der Waals surface area contributed by atoms with Gasteiger partial charge in [0.15, 0.2) is 0 Å². The van der Waals surface area contributed by atoms with Crippen LogP contribution in [0.2, 0.25) is 0 Å². The third-order valence-corrected chi connectivity index (χ3v) is 2.04. The molecule has 0 spiro atoms. The summed E-state index contributed by atoms with van der Waals surface area (Å²) in [5.74, 6) is -1.33. The molecule has 0 fully saturated rings. The van der Waals surface area contributed by atoms with Crippen molar-refractivity contribution in [1.82, 2.24) is 10.2 Å². The molecule has 0 radical (unpaired) electrons. The molecule has 0 aliphatic heterocycles. The summed E-state index contributed by atoms with van der Waals surface area (Å²) in [6.07, 6.45) is 0. The first-order valence-electron chi connectivity index (χ1n) is 4.59. The predicted octanol–water partition coefficient (Wildman–Crippen LogP) is 1.91. The van der Waals surface area contributed by atoms with Crippen LogP contribution in [0.1, 0.15) is 5.69 Å². The van der Waals surface area contributed by atoms with Gasteiger partial charge < -0.3 is 5.11 Å². The molecule has 1 aromatic carbocycles. The third-order valence-electron chi connectivity index (χ3n) is 2.04. The van der Waals surface area contributed by atoms with Crippen LogP contribution < -0.4 is 0 Å². The van der Waals surface area contributed by atoms with Crippen LogP contribution in [0, 0.1) is 11.6 Å². The second-order valence-electron chi connectivity index (χ2n) is 3.23. The van der Waals surface area contributed by atoms with Crippen molar-refractivity contribution in [2.24, 2.45) is 0 Å². The number of aliphatic hydroxyl groups excluding tert-OH is 1. The number of hydrogen-bond acceptors (Lipinski definition) is 3. The van der Waals surface area contributed by atoms with Gasteiger partial charge in [-0.1, -0.05) is 0 Å². The normalized spacial score (nSPS) is 10.4. The minimum atomic E-state index is -0.664. The van der Waals surface area contributed by atoms with E-state index in [1.54, 1.807) is 12.1 Å². The number of aliphatic hydroxyl groups is 1. The summed E-state index contributed by atoms with van der Waals surface area (Å²) in [7, 11) is 0. The van der Waals surface area contributed by atoms with Crippen molar-refractivity contribution >= 4 is 0 Å². The molecule has 1 heterocycles. The first kappa shape index (κ1) is 10.6. The number of halogens is 2. The van der Waals surface area contributed by atoms with Gasteiger partial charge in [-0.2, -0.15) is 10.2 Å². The molecule has 16 heavy (non-hydrogen) atoms. The maximum Gasteiger partial charge on any atom is 0.126 e. The number of nitrogens with zero attached hydrogens (tertiary/aromatic N) is 2. The molecular weight excluding hydrogens is 214 g/mol. The molecule has 5 heteroatoms. The smallest absolute Gasteiger partial charge is 0.126 e. The molecule has 2 rings (SSSR count). The molecule has 0 saturated heterocycles. The van der Waals surface area contributed by atoms with Gasteiger partial charge >= 0.3 is 0 Å². The number of rotatable bonds is 2. The summed E-state index contributed by atoms with van der Waals surface area (Å²) in [4.78, 5) is 0. The van der Waals surface area contributed by atoms with E-state index in [9.17, 15) is 8.78 Å². The van der Waals surface area contributed by atoms with E-state index >= 15 is 0 Å². The van der Waals surface area contributed by atoms with Crippen molar-refractivity contribution in [1.29, 1.82) is 0 Å². The number of hydrogen-bond donors (Lipinski definition) is 1. The van der Waals surface area contributed by atoms with Crippen LogP contribution >= 0.6 is 0 Å². The molecule has 0 amide bonds. The van der Waals surface area contributed by atoms with Gasteiger partial charge in [0.2, 0.25) is 0 Å². The highest BCUT2D eigenvalue weighted by atomic mass is 19.1. The molecule has 0 bridgehead atoms. The zero-order valence-corrected chi connectivity index (χ0v) is 8.19. The van der Waals surface area contributed by atoms with Crippen LogP contribution in [0.25, 0.3) is 11.3 Å². The lowest BCUT2D eigenvalue weighted by molar-refractivity contribution is 0.275. The van der Waals surface area contributed by atoms with E-state index in [4.69, 9.17) is 5.11 Å². The lowest BCUT2D eigenvalue weighted by Crippen LogP contribution is -1.94. The molecule has 0 atom stereocenters. The quantitative estimate of drug-likeness (QED) is 0.844. The Hall–Kier alpha value is -1.88. The standard InChI is InChI=1S/C11H8F2N2O/c12-8-3-7(4-9(13)5-8)11-2-1-10(6-16)14-15-11/h1-5,16H,6H2.